The molecule has 0 aromatic carbocycles. The van der Waals surface area contributed by atoms with Gasteiger partial charge < -0.3 is 4.42 Å². The highest BCUT2D eigenvalue weighted by atomic mass is 19.1. The Balaban J connectivity index is 2.27. The highest BCUT2D eigenvalue weighted by Crippen LogP contribution is 2.49. The Hall–Kier alpha value is -2.23. The Kier molecular flexibility index (Phi) is 4.89. The molecular weight excluding hydrogens is 317 g/mol. The molecule has 3 atom stereocenters. The lowest BCUT2D eigenvalue weighted by molar-refractivity contribution is 0.134. The van der Waals surface area contributed by atoms with Crippen molar-refractivity contribution < 1.29 is 8.81 Å². The number of rotatable bonds is 5. The van der Waals surface area contributed by atoms with E-state index in [9.17, 15) is 4.79 Å². The van der Waals surface area contributed by atoms with Gasteiger partial charge in [0.25, 0.3) is 0 Å². The third kappa shape index (κ3) is 2.94. The first kappa shape index (κ1) is 17.6. The zero-order valence-corrected chi connectivity index (χ0v) is 15.0. The molecule has 3 rings (SSSR count). The minimum Gasteiger partial charge on any atom is -0.423 e. The molecule has 0 spiro atoms. The fraction of sp³-hybridized carbons (Fsp3) is 0.429. The highest BCUT2D eigenvalue weighted by Gasteiger charge is 2.42. The van der Waals surface area contributed by atoms with E-state index in [2.05, 4.69) is 4.98 Å². The van der Waals surface area contributed by atoms with Gasteiger partial charge in [-0.05, 0) is 37.5 Å². The summed E-state index contributed by atoms with van der Waals surface area (Å²) in [6.07, 6.45) is 10.4. The molecule has 3 unspecified atom stereocenters. The molecule has 0 saturated carbocycles. The third-order valence-electron chi connectivity index (χ3n) is 5.24. The molecule has 2 aromatic rings. The Bertz CT molecular complexity index is 883. The maximum absolute atomic E-state index is 15.1. The van der Waals surface area contributed by atoms with Crippen LogP contribution in [0.15, 0.2) is 45.8 Å². The molecule has 4 heteroatoms. The molecule has 25 heavy (non-hydrogen) atoms. The highest BCUT2D eigenvalue weighted by molar-refractivity contribution is 5.83. The lowest BCUT2D eigenvalue weighted by Crippen LogP contribution is -2.35. The van der Waals surface area contributed by atoms with Crippen molar-refractivity contribution in [2.75, 3.05) is 0 Å². The average molecular weight is 341 g/mol. The minimum atomic E-state index is -0.995. The number of allylic oxidation sites excluding steroid dienone is 3. The van der Waals surface area contributed by atoms with E-state index in [1.54, 1.807) is 18.3 Å². The van der Waals surface area contributed by atoms with Crippen LogP contribution in [0.3, 0.4) is 0 Å². The van der Waals surface area contributed by atoms with E-state index in [1.807, 2.05) is 45.1 Å². The van der Waals surface area contributed by atoms with Gasteiger partial charge in [0.2, 0.25) is 0 Å². The predicted octanol–water partition coefficient (Wildman–Crippen LogP) is 5.41. The van der Waals surface area contributed by atoms with Crippen LogP contribution < -0.4 is 5.63 Å². The summed E-state index contributed by atoms with van der Waals surface area (Å²) in [7, 11) is 0. The van der Waals surface area contributed by atoms with E-state index in [1.165, 1.54) is 0 Å². The Morgan fingerprint density at radius 3 is 3.00 bits per heavy atom. The normalized spacial score (nSPS) is 20.6. The van der Waals surface area contributed by atoms with Gasteiger partial charge in [0.05, 0.1) is 10.9 Å². The molecular formula is C21H24FNO2. The van der Waals surface area contributed by atoms with Gasteiger partial charge in [-0.2, -0.15) is 0 Å². The topological polar surface area (TPSA) is 43.1 Å². The van der Waals surface area contributed by atoms with Crippen molar-refractivity contribution in [3.05, 3.63) is 58.3 Å². The van der Waals surface area contributed by atoms with Gasteiger partial charge >= 0.3 is 5.63 Å². The van der Waals surface area contributed by atoms with Crippen LogP contribution in [-0.2, 0) is 0 Å². The van der Waals surface area contributed by atoms with Crippen molar-refractivity contribution in [1.82, 2.24) is 4.98 Å². The molecule has 0 bridgehead atoms. The molecule has 0 aliphatic heterocycles. The van der Waals surface area contributed by atoms with Crippen molar-refractivity contribution >= 4 is 17.0 Å². The summed E-state index contributed by atoms with van der Waals surface area (Å²) in [6.45, 7) is 5.87. The van der Waals surface area contributed by atoms with E-state index in [0.29, 0.717) is 29.5 Å². The van der Waals surface area contributed by atoms with Gasteiger partial charge in [-0.3, -0.25) is 4.98 Å². The number of pyridine rings is 1. The fourth-order valence-corrected chi connectivity index (χ4v) is 3.82. The summed E-state index contributed by atoms with van der Waals surface area (Å²) >= 11 is 0. The van der Waals surface area contributed by atoms with E-state index >= 15 is 4.39 Å². The number of hydrogen-bond donors (Lipinski definition) is 0. The molecule has 0 saturated heterocycles. The zero-order chi connectivity index (χ0) is 18.0. The average Bonchev–Trinajstić information content (AvgIpc) is 2.65. The molecule has 0 N–H and O–H groups in total. The largest absolute Gasteiger partial charge is 0.423 e. The third-order valence-corrected chi connectivity index (χ3v) is 5.24. The number of alkyl halides is 1. The smallest absolute Gasteiger partial charge is 0.345 e. The lowest BCUT2D eigenvalue weighted by Gasteiger charge is -2.39. The predicted molar refractivity (Wildman–Crippen MR) is 99.4 cm³/mol. The minimum absolute atomic E-state index is 0.132. The summed E-state index contributed by atoms with van der Waals surface area (Å²) in [5.74, 6) is 0.374. The maximum Gasteiger partial charge on any atom is 0.345 e. The van der Waals surface area contributed by atoms with Crippen LogP contribution in [0, 0.1) is 5.41 Å². The van der Waals surface area contributed by atoms with E-state index in [4.69, 9.17) is 4.42 Å². The molecule has 0 fully saturated rings. The quantitative estimate of drug-likeness (QED) is 0.683. The number of fused-ring (bicyclic) bond motifs is 3. The van der Waals surface area contributed by atoms with E-state index in [-0.39, 0.29) is 5.92 Å². The van der Waals surface area contributed by atoms with Crippen molar-refractivity contribution in [2.24, 2.45) is 5.41 Å². The molecule has 0 radical (unpaired) electrons. The molecule has 1 aliphatic rings. The Labute approximate surface area is 147 Å². The Morgan fingerprint density at radius 2 is 2.28 bits per heavy atom. The van der Waals surface area contributed by atoms with Gasteiger partial charge in [-0.25, -0.2) is 9.18 Å². The van der Waals surface area contributed by atoms with Crippen LogP contribution in [0.4, 0.5) is 4.39 Å². The van der Waals surface area contributed by atoms with E-state index < -0.39 is 17.2 Å². The molecule has 2 heterocycles. The van der Waals surface area contributed by atoms with Gasteiger partial charge in [0.1, 0.15) is 11.9 Å². The summed E-state index contributed by atoms with van der Waals surface area (Å²) in [4.78, 5) is 16.7. The summed E-state index contributed by atoms with van der Waals surface area (Å²) in [5.41, 5.74) is 0.388. The first-order chi connectivity index (χ1) is 12.0. The second-order valence-electron chi connectivity index (χ2n) is 6.81. The fourth-order valence-electron chi connectivity index (χ4n) is 3.82. The van der Waals surface area contributed by atoms with Crippen LogP contribution in [-0.4, -0.2) is 11.2 Å². The molecule has 3 nitrogen and oxygen atoms in total. The molecule has 2 aromatic heterocycles. The van der Waals surface area contributed by atoms with Gasteiger partial charge in [-0.15, -0.1) is 0 Å². The number of hydrogen-bond acceptors (Lipinski definition) is 3. The monoisotopic (exact) mass is 341 g/mol. The SMILES string of the molecule is CCC=CC(C)(C(F)CC)C1CC=Cc2oc(=O)c3cccnc3c21. The van der Waals surface area contributed by atoms with Crippen LogP contribution >= 0.6 is 0 Å². The van der Waals surface area contributed by atoms with Crippen molar-refractivity contribution in [3.63, 3.8) is 0 Å². The molecule has 1 aliphatic carbocycles. The number of nitrogens with zero attached hydrogens (tertiary/aromatic N) is 1. The molecule has 0 amide bonds. The first-order valence-electron chi connectivity index (χ1n) is 8.92. The van der Waals surface area contributed by atoms with Crippen LogP contribution in [0.25, 0.3) is 17.0 Å². The number of aromatic nitrogens is 1. The van der Waals surface area contributed by atoms with Gasteiger partial charge in [0.15, 0.2) is 0 Å². The van der Waals surface area contributed by atoms with Gasteiger partial charge in [0, 0.05) is 23.1 Å². The second kappa shape index (κ2) is 6.95. The first-order valence-corrected chi connectivity index (χ1v) is 8.92. The standard InChI is InChI=1S/C21H24FNO2/c1-4-6-12-21(3,17(22)5-2)15-10-7-11-16-18(15)19-14(20(24)25-16)9-8-13-23-19/h6-9,11-13,15,17H,4-5,10H2,1-3H3. The maximum atomic E-state index is 15.1. The Morgan fingerprint density at radius 1 is 1.48 bits per heavy atom. The molecule has 132 valence electrons. The van der Waals surface area contributed by atoms with Crippen molar-refractivity contribution in [1.29, 1.82) is 0 Å². The summed E-state index contributed by atoms with van der Waals surface area (Å²) in [5, 5.41) is 0.454. The lowest BCUT2D eigenvalue weighted by atomic mass is 9.66. The summed E-state index contributed by atoms with van der Waals surface area (Å²) in [6, 6.07) is 3.44. The van der Waals surface area contributed by atoms with Crippen LogP contribution in [0.2, 0.25) is 0 Å². The van der Waals surface area contributed by atoms with Crippen molar-refractivity contribution in [3.8, 4) is 0 Å². The zero-order valence-electron chi connectivity index (χ0n) is 15.0. The van der Waals surface area contributed by atoms with E-state index in [0.717, 1.165) is 12.0 Å². The summed E-state index contributed by atoms with van der Waals surface area (Å²) < 4.78 is 20.6. The van der Waals surface area contributed by atoms with Crippen LogP contribution in [0.5, 0.6) is 0 Å². The van der Waals surface area contributed by atoms with Crippen LogP contribution in [0.1, 0.15) is 57.3 Å². The van der Waals surface area contributed by atoms with Gasteiger partial charge in [-0.1, -0.05) is 39.0 Å². The second-order valence-corrected chi connectivity index (χ2v) is 6.81. The van der Waals surface area contributed by atoms with Crippen molar-refractivity contribution in [2.45, 2.75) is 52.1 Å². The number of halogens is 1.